The van der Waals surface area contributed by atoms with Crippen molar-refractivity contribution in [3.63, 3.8) is 0 Å². The molecular formula is C8H14ClN2O6P. The van der Waals surface area contributed by atoms with Crippen LogP contribution in [0.1, 0.15) is 13.8 Å². The normalized spacial score (nSPS) is 39.7. The van der Waals surface area contributed by atoms with E-state index in [9.17, 15) is 24.8 Å². The van der Waals surface area contributed by atoms with Crippen molar-refractivity contribution in [3.05, 3.63) is 20.2 Å². The van der Waals surface area contributed by atoms with E-state index < -0.39 is 40.6 Å². The fourth-order valence-electron chi connectivity index (χ4n) is 2.14. The van der Waals surface area contributed by atoms with E-state index in [1.54, 1.807) is 0 Å². The van der Waals surface area contributed by atoms with E-state index in [0.29, 0.717) is 0 Å². The summed E-state index contributed by atoms with van der Waals surface area (Å²) >= 11 is 5.40. The van der Waals surface area contributed by atoms with Crippen LogP contribution < -0.4 is 0 Å². The van der Waals surface area contributed by atoms with E-state index in [1.165, 1.54) is 0 Å². The Morgan fingerprint density at radius 3 is 1.89 bits per heavy atom. The van der Waals surface area contributed by atoms with Gasteiger partial charge in [-0.1, -0.05) is 0 Å². The predicted molar refractivity (Wildman–Crippen MR) is 64.8 cm³/mol. The highest BCUT2D eigenvalue weighted by Gasteiger charge is 2.74. The zero-order valence-corrected chi connectivity index (χ0v) is 11.6. The number of alkyl halides is 1. The van der Waals surface area contributed by atoms with E-state index in [2.05, 4.69) is 0 Å². The summed E-state index contributed by atoms with van der Waals surface area (Å²) in [4.78, 5) is 20.7. The molecule has 0 bridgehead atoms. The molecule has 0 spiro atoms. The second kappa shape index (κ2) is 4.75. The summed E-state index contributed by atoms with van der Waals surface area (Å²) in [6.07, 6.45) is -0.886. The zero-order valence-electron chi connectivity index (χ0n) is 10.00. The van der Waals surface area contributed by atoms with Crippen molar-refractivity contribution >= 4 is 19.0 Å². The van der Waals surface area contributed by atoms with Gasteiger partial charge < -0.3 is 4.52 Å². The van der Waals surface area contributed by atoms with Crippen molar-refractivity contribution in [2.24, 2.45) is 0 Å². The molecule has 0 saturated carbocycles. The Bertz CT molecular complexity index is 400. The van der Waals surface area contributed by atoms with Crippen LogP contribution in [-0.4, -0.2) is 45.7 Å². The highest BCUT2D eigenvalue weighted by atomic mass is 35.5. The molecule has 1 heterocycles. The van der Waals surface area contributed by atoms with Crippen LogP contribution in [0.25, 0.3) is 0 Å². The van der Waals surface area contributed by atoms with Crippen molar-refractivity contribution in [1.29, 1.82) is 0 Å². The highest BCUT2D eigenvalue weighted by Crippen LogP contribution is 2.61. The third-order valence-corrected chi connectivity index (χ3v) is 6.47. The van der Waals surface area contributed by atoms with Gasteiger partial charge in [-0.05, 0) is 0 Å². The minimum atomic E-state index is -3.41. The van der Waals surface area contributed by atoms with Gasteiger partial charge in [0.05, 0.1) is 6.61 Å². The molecule has 1 fully saturated rings. The van der Waals surface area contributed by atoms with Gasteiger partial charge in [-0.25, -0.2) is 0 Å². The summed E-state index contributed by atoms with van der Waals surface area (Å²) in [6, 6.07) is 0. The number of hydrogen-bond donors (Lipinski definition) is 0. The summed E-state index contributed by atoms with van der Waals surface area (Å²) in [5.41, 5.74) is -3.81. The molecule has 0 aromatic rings. The molecule has 1 saturated heterocycles. The zero-order chi connectivity index (χ0) is 14.2. The Kier molecular flexibility index (Phi) is 4.05. The largest absolute Gasteiger partial charge is 0.327 e. The molecule has 104 valence electrons. The first kappa shape index (κ1) is 15.3. The number of rotatable bonds is 5. The van der Waals surface area contributed by atoms with Gasteiger partial charge in [0.2, 0.25) is 7.37 Å². The Morgan fingerprint density at radius 1 is 1.22 bits per heavy atom. The van der Waals surface area contributed by atoms with E-state index in [4.69, 9.17) is 16.1 Å². The van der Waals surface area contributed by atoms with Crippen molar-refractivity contribution < 1.29 is 18.9 Å². The average molecular weight is 301 g/mol. The summed E-state index contributed by atoms with van der Waals surface area (Å²) < 4.78 is 17.4. The first-order chi connectivity index (χ1) is 8.11. The molecule has 2 unspecified atom stereocenters. The van der Waals surface area contributed by atoms with Gasteiger partial charge in [0.25, 0.3) is 11.1 Å². The Hall–Kier alpha value is -0.720. The van der Waals surface area contributed by atoms with Crippen LogP contribution in [0.2, 0.25) is 0 Å². The van der Waals surface area contributed by atoms with Crippen LogP contribution in [0.15, 0.2) is 0 Å². The highest BCUT2D eigenvalue weighted by molar-refractivity contribution is 7.59. The molecule has 0 radical (unpaired) electrons. The molecular weight excluding hydrogens is 287 g/mol. The van der Waals surface area contributed by atoms with Gasteiger partial charge in [0.15, 0.2) is 0 Å². The van der Waals surface area contributed by atoms with Crippen molar-refractivity contribution in [2.75, 3.05) is 24.8 Å². The van der Waals surface area contributed by atoms with Crippen molar-refractivity contribution in [3.8, 4) is 0 Å². The van der Waals surface area contributed by atoms with Crippen LogP contribution in [0, 0.1) is 20.2 Å². The van der Waals surface area contributed by atoms with E-state index >= 15 is 0 Å². The molecule has 10 heteroatoms. The van der Waals surface area contributed by atoms with Gasteiger partial charge in [0.1, 0.15) is 12.3 Å². The van der Waals surface area contributed by atoms with Gasteiger partial charge >= 0.3 is 0 Å². The third kappa shape index (κ3) is 2.24. The van der Waals surface area contributed by atoms with Gasteiger partial charge in [-0.2, -0.15) is 0 Å². The summed E-state index contributed by atoms with van der Waals surface area (Å²) in [5, 5.41) is 22.2. The quantitative estimate of drug-likeness (QED) is 0.330. The maximum absolute atomic E-state index is 12.3. The molecule has 18 heavy (non-hydrogen) atoms. The predicted octanol–water partition coefficient (Wildman–Crippen LogP) is 1.60. The van der Waals surface area contributed by atoms with Gasteiger partial charge in [-0.3, -0.25) is 24.8 Å². The Morgan fingerprint density at radius 2 is 1.61 bits per heavy atom. The molecule has 1 rings (SSSR count). The monoisotopic (exact) mass is 300 g/mol. The van der Waals surface area contributed by atoms with Crippen LogP contribution in [-0.2, 0) is 9.09 Å². The first-order valence-electron chi connectivity index (χ1n) is 5.19. The SMILES string of the molecule is CC1([N+](=O)[O-])CP(=O)(OCCCl)CC1(C)[N+](=O)[O-]. The maximum atomic E-state index is 12.3. The fourth-order valence-corrected chi connectivity index (χ4v) is 5.83. The Labute approximate surface area is 108 Å². The number of hydrogen-bond acceptors (Lipinski definition) is 6. The van der Waals surface area contributed by atoms with Crippen LogP contribution in [0.3, 0.4) is 0 Å². The molecule has 1 aliphatic rings. The second-order valence-electron chi connectivity index (χ2n) is 4.71. The molecule has 1 aliphatic heterocycles. The lowest BCUT2D eigenvalue weighted by Gasteiger charge is -2.24. The molecule has 0 aliphatic carbocycles. The molecule has 0 aromatic carbocycles. The lowest BCUT2D eigenvalue weighted by molar-refractivity contribution is -0.668. The molecule has 8 nitrogen and oxygen atoms in total. The van der Waals surface area contributed by atoms with E-state index in [1.807, 2.05) is 0 Å². The fraction of sp³-hybridized carbons (Fsp3) is 1.00. The topological polar surface area (TPSA) is 113 Å². The van der Waals surface area contributed by atoms with Crippen LogP contribution >= 0.6 is 19.0 Å². The molecule has 2 atom stereocenters. The summed E-state index contributed by atoms with van der Waals surface area (Å²) in [7, 11) is -3.41. The van der Waals surface area contributed by atoms with Gasteiger partial charge in [0, 0.05) is 29.6 Å². The lowest BCUT2D eigenvalue weighted by Crippen LogP contribution is -2.59. The molecule has 0 amide bonds. The summed E-state index contributed by atoms with van der Waals surface area (Å²) in [5.74, 6) is 0.0777. The lowest BCUT2D eigenvalue weighted by atomic mass is 9.84. The molecule has 0 N–H and O–H groups in total. The van der Waals surface area contributed by atoms with Gasteiger partial charge in [-0.15, -0.1) is 11.6 Å². The maximum Gasteiger partial charge on any atom is 0.297 e. The van der Waals surface area contributed by atoms with Crippen molar-refractivity contribution in [1.82, 2.24) is 0 Å². The molecule has 0 aromatic heterocycles. The van der Waals surface area contributed by atoms with E-state index in [-0.39, 0.29) is 12.5 Å². The standard InChI is InChI=1S/C8H14ClN2O6P/c1-7(10(12)13)5-18(16,17-4-3-9)6-8(7,2)11(14)15/h3-6H2,1-2H3. The first-order valence-corrected chi connectivity index (χ1v) is 7.72. The number of nitro groups is 2. The van der Waals surface area contributed by atoms with Crippen molar-refractivity contribution in [2.45, 2.75) is 24.9 Å². The minimum Gasteiger partial charge on any atom is -0.327 e. The Balaban J connectivity index is 3.16. The summed E-state index contributed by atoms with van der Waals surface area (Å²) in [6.45, 7) is 2.24. The number of halogens is 1. The average Bonchev–Trinajstić information content (AvgIpc) is 2.46. The van der Waals surface area contributed by atoms with E-state index in [0.717, 1.165) is 13.8 Å². The third-order valence-electron chi connectivity index (χ3n) is 3.47. The number of nitrogens with zero attached hydrogens (tertiary/aromatic N) is 2. The van der Waals surface area contributed by atoms with Crippen LogP contribution in [0.5, 0.6) is 0 Å². The second-order valence-corrected chi connectivity index (χ2v) is 7.61. The van der Waals surface area contributed by atoms with Crippen LogP contribution in [0.4, 0.5) is 0 Å². The smallest absolute Gasteiger partial charge is 0.297 e. The minimum absolute atomic E-state index is 0.0412.